The summed E-state index contributed by atoms with van der Waals surface area (Å²) in [5, 5.41) is 29.5. The fourth-order valence-corrected chi connectivity index (χ4v) is 5.67. The fraction of sp³-hybridized carbons (Fsp3) is 0.429. The molecule has 3 unspecified atom stereocenters. The molecule has 3 heterocycles. The lowest BCUT2D eigenvalue weighted by Crippen LogP contribution is -2.63. The number of aromatic nitrogens is 3. The number of hydrogen-bond donors (Lipinski definition) is 0. The van der Waals surface area contributed by atoms with Gasteiger partial charge in [-0.2, -0.15) is 11.8 Å². The third kappa shape index (κ3) is 3.92. The van der Waals surface area contributed by atoms with Crippen molar-refractivity contribution >= 4 is 40.7 Å². The van der Waals surface area contributed by atoms with Gasteiger partial charge in [0.1, 0.15) is 17.4 Å². The van der Waals surface area contributed by atoms with Gasteiger partial charge in [-0.3, -0.25) is 14.9 Å². The molecular formula is C21H22N6O7S. The summed E-state index contributed by atoms with van der Waals surface area (Å²) in [4.78, 5) is 49.1. The Morgan fingerprint density at radius 1 is 1.20 bits per heavy atom. The summed E-state index contributed by atoms with van der Waals surface area (Å²) in [5.41, 5.74) is 0.665. The Hall–Kier alpha value is -3.81. The van der Waals surface area contributed by atoms with Crippen molar-refractivity contribution in [3.8, 4) is 0 Å². The third-order valence-electron chi connectivity index (χ3n) is 6.20. The number of fused-ring (bicyclic) bond motifs is 1. The Labute approximate surface area is 203 Å². The van der Waals surface area contributed by atoms with Crippen LogP contribution in [0.15, 0.2) is 30.0 Å². The van der Waals surface area contributed by atoms with Gasteiger partial charge in [0.15, 0.2) is 5.69 Å². The maximum absolute atomic E-state index is 13.4. The molecule has 0 saturated carbocycles. The lowest BCUT2D eigenvalue weighted by atomic mass is 9.78. The first-order valence-electron chi connectivity index (χ1n) is 10.6. The molecule has 184 valence electrons. The molecule has 1 aromatic heterocycles. The van der Waals surface area contributed by atoms with E-state index >= 15 is 0 Å². The molecule has 0 bridgehead atoms. The number of nitro groups is 2. The van der Waals surface area contributed by atoms with Crippen molar-refractivity contribution < 1.29 is 24.2 Å². The van der Waals surface area contributed by atoms with E-state index in [2.05, 4.69) is 10.3 Å². The number of rotatable bonds is 8. The van der Waals surface area contributed by atoms with Crippen molar-refractivity contribution in [2.45, 2.75) is 31.7 Å². The van der Waals surface area contributed by atoms with Crippen LogP contribution in [0.2, 0.25) is 0 Å². The second-order valence-electron chi connectivity index (χ2n) is 8.53. The summed E-state index contributed by atoms with van der Waals surface area (Å²) in [6.45, 7) is 3.62. The zero-order valence-electron chi connectivity index (χ0n) is 19.3. The molecule has 1 amide bonds. The van der Waals surface area contributed by atoms with Gasteiger partial charge in [0.2, 0.25) is 5.91 Å². The van der Waals surface area contributed by atoms with E-state index in [1.807, 2.05) is 20.1 Å². The van der Waals surface area contributed by atoms with Crippen LogP contribution < -0.4 is 0 Å². The molecule has 1 fully saturated rings. The predicted octanol–water partition coefficient (Wildman–Crippen LogP) is 2.31. The van der Waals surface area contributed by atoms with Gasteiger partial charge in [0.25, 0.3) is 5.69 Å². The lowest BCUT2D eigenvalue weighted by molar-refractivity contribution is -0.389. The average Bonchev–Trinajstić information content (AvgIpc) is 3.32. The van der Waals surface area contributed by atoms with Gasteiger partial charge in [-0.1, -0.05) is 13.8 Å². The quantitative estimate of drug-likeness (QED) is 0.226. The van der Waals surface area contributed by atoms with E-state index in [9.17, 15) is 29.8 Å². The molecule has 0 radical (unpaired) electrons. The summed E-state index contributed by atoms with van der Waals surface area (Å²) in [5.74, 6) is -1.96. The number of carbonyl (C=O) groups is 2. The van der Waals surface area contributed by atoms with Crippen molar-refractivity contribution in [3.63, 3.8) is 0 Å². The van der Waals surface area contributed by atoms with Gasteiger partial charge in [-0.25, -0.2) is 9.48 Å². The fourth-order valence-electron chi connectivity index (χ4n) is 4.64. The second-order valence-corrected chi connectivity index (χ2v) is 9.51. The van der Waals surface area contributed by atoms with Crippen molar-refractivity contribution in [3.05, 3.63) is 61.4 Å². The molecule has 4 rings (SSSR count). The highest BCUT2D eigenvalue weighted by Gasteiger charge is 2.62. The number of nitrogens with zero attached hydrogens (tertiary/aromatic N) is 6. The van der Waals surface area contributed by atoms with Gasteiger partial charge in [0, 0.05) is 24.8 Å². The maximum atomic E-state index is 13.4. The van der Waals surface area contributed by atoms with Crippen molar-refractivity contribution in [1.29, 1.82) is 0 Å². The number of non-ortho nitro benzene ring substituents is 1. The SMILES string of the molecule is CSC1C(c2c([N+](=O)[O-])nnn2C)=C(C(=O)OCc2ccc([N+](=O)[O-])cc2)N2C(=O)C(C(C)C)C12. The van der Waals surface area contributed by atoms with Crippen LogP contribution in [0.3, 0.4) is 0 Å². The molecule has 13 nitrogen and oxygen atoms in total. The topological polar surface area (TPSA) is 164 Å². The first-order valence-corrected chi connectivity index (χ1v) is 11.9. The Bertz CT molecular complexity index is 1260. The number of esters is 1. The summed E-state index contributed by atoms with van der Waals surface area (Å²) in [6, 6.07) is 5.13. The number of nitro benzene ring substituents is 1. The molecule has 2 aliphatic rings. The Morgan fingerprint density at radius 2 is 1.86 bits per heavy atom. The molecule has 0 aliphatic carbocycles. The molecule has 0 N–H and O–H groups in total. The average molecular weight is 503 g/mol. The van der Waals surface area contributed by atoms with Crippen molar-refractivity contribution in [1.82, 2.24) is 19.9 Å². The number of β-lactam (4-membered cyclic amide) rings is 1. The number of carbonyl (C=O) groups excluding carboxylic acids is 2. The van der Waals surface area contributed by atoms with Gasteiger partial charge in [-0.15, -0.1) is 0 Å². The van der Waals surface area contributed by atoms with Crippen LogP contribution in [0.5, 0.6) is 0 Å². The molecule has 2 aliphatic heterocycles. The first kappa shape index (κ1) is 24.3. The van der Waals surface area contributed by atoms with Gasteiger partial charge >= 0.3 is 11.8 Å². The highest BCUT2D eigenvalue weighted by atomic mass is 32.2. The summed E-state index contributed by atoms with van der Waals surface area (Å²) in [6.07, 6.45) is 1.81. The molecule has 3 atom stereocenters. The van der Waals surface area contributed by atoms with E-state index in [0.29, 0.717) is 5.56 Å². The first-order chi connectivity index (χ1) is 16.6. The maximum Gasteiger partial charge on any atom is 0.418 e. The van der Waals surface area contributed by atoms with Crippen molar-refractivity contribution in [2.75, 3.05) is 6.26 Å². The van der Waals surface area contributed by atoms with Crippen LogP contribution in [-0.4, -0.2) is 59.2 Å². The summed E-state index contributed by atoms with van der Waals surface area (Å²) < 4.78 is 6.70. The number of benzene rings is 1. The second kappa shape index (κ2) is 9.09. The van der Waals surface area contributed by atoms with Crippen LogP contribution in [0.4, 0.5) is 11.5 Å². The summed E-state index contributed by atoms with van der Waals surface area (Å²) in [7, 11) is 1.48. The number of aryl methyl sites for hydroxylation is 1. The van der Waals surface area contributed by atoms with Gasteiger partial charge in [0.05, 0.1) is 27.3 Å². The molecule has 0 spiro atoms. The largest absolute Gasteiger partial charge is 0.456 e. The highest BCUT2D eigenvalue weighted by molar-refractivity contribution is 7.99. The van der Waals surface area contributed by atoms with Crippen molar-refractivity contribution in [2.24, 2.45) is 18.9 Å². The minimum Gasteiger partial charge on any atom is -0.456 e. The number of thioether (sulfide) groups is 1. The number of hydrogen-bond acceptors (Lipinski definition) is 10. The third-order valence-corrected chi connectivity index (χ3v) is 7.22. The predicted molar refractivity (Wildman–Crippen MR) is 124 cm³/mol. The zero-order chi connectivity index (χ0) is 25.6. The number of ether oxygens (including phenoxy) is 1. The van der Waals surface area contributed by atoms with Crippen LogP contribution in [0.25, 0.3) is 5.57 Å². The van der Waals surface area contributed by atoms with E-state index in [1.165, 1.54) is 52.7 Å². The smallest absolute Gasteiger partial charge is 0.418 e. The Morgan fingerprint density at radius 3 is 2.40 bits per heavy atom. The Balaban J connectivity index is 1.75. The van der Waals surface area contributed by atoms with E-state index in [1.54, 1.807) is 0 Å². The van der Waals surface area contributed by atoms with E-state index in [0.717, 1.165) is 0 Å². The highest BCUT2D eigenvalue weighted by Crippen LogP contribution is 2.53. The van der Waals surface area contributed by atoms with Gasteiger partial charge < -0.3 is 19.8 Å². The van der Waals surface area contributed by atoms with Crippen LogP contribution in [-0.2, 0) is 28.0 Å². The minimum atomic E-state index is -0.828. The van der Waals surface area contributed by atoms with Crippen LogP contribution in [0.1, 0.15) is 25.1 Å². The van der Waals surface area contributed by atoms with E-state index in [4.69, 9.17) is 4.74 Å². The zero-order valence-corrected chi connectivity index (χ0v) is 20.1. The Kier molecular flexibility index (Phi) is 6.32. The molecule has 14 heteroatoms. The molecule has 1 aromatic carbocycles. The molecular weight excluding hydrogens is 480 g/mol. The summed E-state index contributed by atoms with van der Waals surface area (Å²) >= 11 is 1.38. The lowest BCUT2D eigenvalue weighted by Gasteiger charge is -2.47. The number of amides is 1. The van der Waals surface area contributed by atoms with E-state index in [-0.39, 0.29) is 53.0 Å². The monoisotopic (exact) mass is 502 g/mol. The normalized spacial score (nSPS) is 21.2. The molecule has 35 heavy (non-hydrogen) atoms. The van der Waals surface area contributed by atoms with Crippen LogP contribution in [0, 0.1) is 32.1 Å². The van der Waals surface area contributed by atoms with Gasteiger partial charge in [-0.05, 0) is 34.8 Å². The van der Waals surface area contributed by atoms with E-state index < -0.39 is 26.9 Å². The molecule has 1 saturated heterocycles. The standard InChI is InChI=1S/C21H22N6O7S/c1-10(2)13-15-18(35-4)14(16-19(27(32)33)22-23-24(16)3)17(25(15)20(13)28)21(29)34-9-11-5-7-12(8-6-11)26(30)31/h5-8,10,13,15,18H,9H2,1-4H3. The molecule has 2 aromatic rings. The van der Waals surface area contributed by atoms with Crippen LogP contribution >= 0.6 is 11.8 Å². The minimum absolute atomic E-state index is 0.00484.